The van der Waals surface area contributed by atoms with Gasteiger partial charge < -0.3 is 15.4 Å². The lowest BCUT2D eigenvalue weighted by atomic mass is 9.86. The third-order valence-electron chi connectivity index (χ3n) is 5.09. The molecule has 2 unspecified atom stereocenters. The summed E-state index contributed by atoms with van der Waals surface area (Å²) >= 11 is 3.59. The minimum atomic E-state index is -0.0561. The van der Waals surface area contributed by atoms with Crippen molar-refractivity contribution in [1.29, 1.82) is 0 Å². The van der Waals surface area contributed by atoms with E-state index in [1.807, 2.05) is 6.07 Å². The van der Waals surface area contributed by atoms with Crippen LogP contribution in [-0.2, 0) is 5.41 Å². The molecule has 1 fully saturated rings. The Kier molecular flexibility index (Phi) is 7.81. The molecule has 2 rings (SSSR count). The van der Waals surface area contributed by atoms with Gasteiger partial charge in [-0.15, -0.1) is 0 Å². The van der Waals surface area contributed by atoms with Gasteiger partial charge in [-0.25, -0.2) is 4.79 Å². The topological polar surface area (TPSA) is 50.4 Å². The van der Waals surface area contributed by atoms with Crippen LogP contribution in [0.3, 0.4) is 0 Å². The summed E-state index contributed by atoms with van der Waals surface area (Å²) in [5.41, 5.74) is 1.39. The van der Waals surface area contributed by atoms with Gasteiger partial charge in [0.25, 0.3) is 0 Å². The van der Waals surface area contributed by atoms with Gasteiger partial charge in [0, 0.05) is 12.6 Å². The van der Waals surface area contributed by atoms with Crippen LogP contribution in [0.15, 0.2) is 22.7 Å². The molecule has 1 aliphatic carbocycles. The first-order chi connectivity index (χ1) is 12.3. The Bertz CT molecular complexity index is 598. The van der Waals surface area contributed by atoms with E-state index in [0.29, 0.717) is 25.1 Å². The second-order valence-electron chi connectivity index (χ2n) is 8.37. The molecule has 1 aromatic rings. The lowest BCUT2D eigenvalue weighted by Crippen LogP contribution is -2.46. The third kappa shape index (κ3) is 6.49. The molecule has 2 atom stereocenters. The van der Waals surface area contributed by atoms with Gasteiger partial charge in [0.05, 0.1) is 11.1 Å². The summed E-state index contributed by atoms with van der Waals surface area (Å²) in [4.78, 5) is 12.0. The Hall–Kier alpha value is -1.23. The monoisotopic (exact) mass is 424 g/mol. The lowest BCUT2D eigenvalue weighted by molar-refractivity contribution is 0.220. The fourth-order valence-corrected chi connectivity index (χ4v) is 3.78. The highest BCUT2D eigenvalue weighted by Crippen LogP contribution is 2.31. The SMILES string of the molecule is CC1CCCCC1NC(=O)NCCCOc1ccc(C(C)(C)C)cc1Br. The summed E-state index contributed by atoms with van der Waals surface area (Å²) in [6.45, 7) is 10.00. The van der Waals surface area contributed by atoms with Gasteiger partial charge in [-0.3, -0.25) is 0 Å². The Labute approximate surface area is 166 Å². The van der Waals surface area contributed by atoms with Crippen LogP contribution in [0.1, 0.15) is 65.4 Å². The van der Waals surface area contributed by atoms with Crippen molar-refractivity contribution in [3.63, 3.8) is 0 Å². The van der Waals surface area contributed by atoms with Crippen LogP contribution in [-0.4, -0.2) is 25.2 Å². The molecule has 2 N–H and O–H groups in total. The number of rotatable bonds is 6. The number of ether oxygens (including phenoxy) is 1. The molecule has 0 aromatic heterocycles. The van der Waals surface area contributed by atoms with Crippen molar-refractivity contribution in [3.05, 3.63) is 28.2 Å². The highest BCUT2D eigenvalue weighted by Gasteiger charge is 2.22. The maximum atomic E-state index is 12.0. The number of amides is 2. The molecule has 0 spiro atoms. The van der Waals surface area contributed by atoms with Crippen molar-refractivity contribution >= 4 is 22.0 Å². The molecule has 1 saturated carbocycles. The second-order valence-corrected chi connectivity index (χ2v) is 9.22. The molecule has 26 heavy (non-hydrogen) atoms. The Morgan fingerprint density at radius 2 is 2.00 bits per heavy atom. The van der Waals surface area contributed by atoms with Crippen molar-refractivity contribution < 1.29 is 9.53 Å². The van der Waals surface area contributed by atoms with Crippen LogP contribution in [0.2, 0.25) is 0 Å². The minimum Gasteiger partial charge on any atom is -0.492 e. The van der Waals surface area contributed by atoms with Crippen molar-refractivity contribution in [2.24, 2.45) is 5.92 Å². The molecule has 1 aliphatic rings. The van der Waals surface area contributed by atoms with Crippen LogP contribution in [0.5, 0.6) is 5.75 Å². The largest absolute Gasteiger partial charge is 0.492 e. The summed E-state index contributed by atoms with van der Waals surface area (Å²) in [6, 6.07) is 6.50. The number of benzene rings is 1. The van der Waals surface area contributed by atoms with Gasteiger partial charge in [0.2, 0.25) is 0 Å². The number of hydrogen-bond donors (Lipinski definition) is 2. The van der Waals surface area contributed by atoms with Crippen LogP contribution < -0.4 is 15.4 Å². The van der Waals surface area contributed by atoms with Gasteiger partial charge in [-0.1, -0.05) is 46.6 Å². The molecule has 0 heterocycles. The second kappa shape index (κ2) is 9.63. The number of urea groups is 1. The molecule has 0 radical (unpaired) electrons. The summed E-state index contributed by atoms with van der Waals surface area (Å²) in [5, 5.41) is 6.05. The fraction of sp³-hybridized carbons (Fsp3) is 0.667. The molecule has 0 aliphatic heterocycles. The number of halogens is 1. The maximum Gasteiger partial charge on any atom is 0.315 e. The molecular weight excluding hydrogens is 392 g/mol. The van der Waals surface area contributed by atoms with Crippen molar-refractivity contribution in [2.45, 2.75) is 71.3 Å². The summed E-state index contributed by atoms with van der Waals surface area (Å²) in [6.07, 6.45) is 5.58. The highest BCUT2D eigenvalue weighted by atomic mass is 79.9. The van der Waals surface area contributed by atoms with Crippen LogP contribution >= 0.6 is 15.9 Å². The average Bonchev–Trinajstić information content (AvgIpc) is 2.57. The van der Waals surface area contributed by atoms with Crippen molar-refractivity contribution in [3.8, 4) is 5.75 Å². The first kappa shape index (κ1) is 21.1. The standard InChI is InChI=1S/C21H33BrN2O2/c1-15-8-5-6-9-18(15)24-20(25)23-12-7-13-26-19-11-10-16(14-17(19)22)21(2,3)4/h10-11,14-15,18H,5-9,12-13H2,1-4H3,(H2,23,24,25). The highest BCUT2D eigenvalue weighted by molar-refractivity contribution is 9.10. The van der Waals surface area contributed by atoms with Gasteiger partial charge in [-0.2, -0.15) is 0 Å². The first-order valence-corrected chi connectivity index (χ1v) is 10.5. The van der Waals surface area contributed by atoms with Gasteiger partial charge in [-0.05, 0) is 64.2 Å². The van der Waals surface area contributed by atoms with E-state index in [-0.39, 0.29) is 11.4 Å². The van der Waals surface area contributed by atoms with E-state index in [9.17, 15) is 4.79 Å². The van der Waals surface area contributed by atoms with Gasteiger partial charge >= 0.3 is 6.03 Å². The van der Waals surface area contributed by atoms with Crippen LogP contribution in [0, 0.1) is 5.92 Å². The maximum absolute atomic E-state index is 12.0. The quantitative estimate of drug-likeness (QED) is 0.600. The Morgan fingerprint density at radius 1 is 1.27 bits per heavy atom. The van der Waals surface area contributed by atoms with E-state index in [2.05, 4.69) is 66.4 Å². The van der Waals surface area contributed by atoms with Crippen LogP contribution in [0.25, 0.3) is 0 Å². The fourth-order valence-electron chi connectivity index (χ4n) is 3.29. The van der Waals surface area contributed by atoms with E-state index < -0.39 is 0 Å². The van der Waals surface area contributed by atoms with E-state index in [4.69, 9.17) is 4.74 Å². The van der Waals surface area contributed by atoms with E-state index in [1.54, 1.807) is 0 Å². The van der Waals surface area contributed by atoms with Crippen molar-refractivity contribution in [2.75, 3.05) is 13.2 Å². The smallest absolute Gasteiger partial charge is 0.315 e. The number of carbonyl (C=O) groups excluding carboxylic acids is 1. The van der Waals surface area contributed by atoms with Crippen molar-refractivity contribution in [1.82, 2.24) is 10.6 Å². The predicted molar refractivity (Wildman–Crippen MR) is 111 cm³/mol. The zero-order chi connectivity index (χ0) is 19.2. The first-order valence-electron chi connectivity index (χ1n) is 9.74. The number of carbonyl (C=O) groups is 1. The zero-order valence-electron chi connectivity index (χ0n) is 16.5. The minimum absolute atomic E-state index is 0.0561. The number of nitrogens with one attached hydrogen (secondary N) is 2. The average molecular weight is 425 g/mol. The summed E-state index contributed by atoms with van der Waals surface area (Å²) < 4.78 is 6.81. The Balaban J connectivity index is 1.66. The van der Waals surface area contributed by atoms with E-state index in [0.717, 1.165) is 23.1 Å². The number of hydrogen-bond acceptors (Lipinski definition) is 2. The Morgan fingerprint density at radius 3 is 2.65 bits per heavy atom. The molecule has 146 valence electrons. The van der Waals surface area contributed by atoms with E-state index in [1.165, 1.54) is 24.8 Å². The lowest BCUT2D eigenvalue weighted by Gasteiger charge is -2.29. The molecule has 4 nitrogen and oxygen atoms in total. The van der Waals surface area contributed by atoms with Gasteiger partial charge in [0.1, 0.15) is 5.75 Å². The summed E-state index contributed by atoms with van der Waals surface area (Å²) in [5.74, 6) is 1.42. The molecule has 0 saturated heterocycles. The molecular formula is C21H33BrN2O2. The third-order valence-corrected chi connectivity index (χ3v) is 5.71. The molecule has 5 heteroatoms. The normalized spacial score (nSPS) is 20.5. The molecule has 2 amide bonds. The predicted octanol–water partition coefficient (Wildman–Crippen LogP) is 5.39. The molecule has 1 aromatic carbocycles. The van der Waals surface area contributed by atoms with Crippen LogP contribution in [0.4, 0.5) is 4.79 Å². The zero-order valence-corrected chi connectivity index (χ0v) is 18.1. The van der Waals surface area contributed by atoms with E-state index >= 15 is 0 Å². The van der Waals surface area contributed by atoms with Gasteiger partial charge in [0.15, 0.2) is 0 Å². The summed E-state index contributed by atoms with van der Waals surface area (Å²) in [7, 11) is 0. The molecule has 0 bridgehead atoms.